The van der Waals surface area contributed by atoms with Crippen LogP contribution in [0.5, 0.6) is 5.75 Å². The first-order valence-corrected chi connectivity index (χ1v) is 10.9. The highest BCUT2D eigenvalue weighted by molar-refractivity contribution is 9.10. The summed E-state index contributed by atoms with van der Waals surface area (Å²) in [5.41, 5.74) is -1.67. The molecule has 0 amide bonds. The molecule has 0 radical (unpaired) electrons. The van der Waals surface area contributed by atoms with Gasteiger partial charge in [0.2, 0.25) is 0 Å². The van der Waals surface area contributed by atoms with Crippen LogP contribution < -0.4 is 4.74 Å². The van der Waals surface area contributed by atoms with Crippen molar-refractivity contribution < 1.29 is 18.6 Å². The van der Waals surface area contributed by atoms with Crippen LogP contribution in [-0.4, -0.2) is 51.0 Å². The van der Waals surface area contributed by atoms with Crippen LogP contribution in [0.4, 0.5) is 8.78 Å². The van der Waals surface area contributed by atoms with E-state index in [0.29, 0.717) is 26.1 Å². The van der Waals surface area contributed by atoms with Gasteiger partial charge in [0.25, 0.3) is 0 Å². The van der Waals surface area contributed by atoms with Crippen molar-refractivity contribution in [2.24, 2.45) is 0 Å². The van der Waals surface area contributed by atoms with Gasteiger partial charge in [0.05, 0.1) is 13.2 Å². The summed E-state index contributed by atoms with van der Waals surface area (Å²) < 4.78 is 36.3. The van der Waals surface area contributed by atoms with Crippen LogP contribution in [-0.2, 0) is 12.1 Å². The van der Waals surface area contributed by atoms with E-state index in [1.54, 1.807) is 6.08 Å². The van der Waals surface area contributed by atoms with E-state index in [1.807, 2.05) is 29.2 Å². The molecule has 2 aromatic carbocycles. The van der Waals surface area contributed by atoms with Crippen molar-refractivity contribution in [3.8, 4) is 5.75 Å². The van der Waals surface area contributed by atoms with Crippen LogP contribution in [0.1, 0.15) is 12.0 Å². The molecule has 1 N–H and O–H groups in total. The molecule has 0 aliphatic heterocycles. The summed E-state index contributed by atoms with van der Waals surface area (Å²) in [6.07, 6.45) is 5.17. The summed E-state index contributed by atoms with van der Waals surface area (Å²) in [6, 6.07) is 10.7. The first-order valence-electron chi connectivity index (χ1n) is 10.1. The second kappa shape index (κ2) is 11.3. The Morgan fingerprint density at radius 2 is 2.00 bits per heavy atom. The van der Waals surface area contributed by atoms with E-state index in [4.69, 9.17) is 4.74 Å². The first-order chi connectivity index (χ1) is 15.4. The third kappa shape index (κ3) is 6.69. The minimum Gasteiger partial charge on any atom is -0.494 e. The van der Waals surface area contributed by atoms with Crippen LogP contribution in [0, 0.1) is 11.6 Å². The van der Waals surface area contributed by atoms with Gasteiger partial charge in [-0.05, 0) is 36.8 Å². The van der Waals surface area contributed by atoms with Crippen molar-refractivity contribution in [1.29, 1.82) is 0 Å². The Kier molecular flexibility index (Phi) is 8.49. The van der Waals surface area contributed by atoms with E-state index < -0.39 is 17.2 Å². The first kappa shape index (κ1) is 24.0. The zero-order valence-electron chi connectivity index (χ0n) is 17.5. The number of halogens is 3. The lowest BCUT2D eigenvalue weighted by Crippen LogP contribution is -2.45. The van der Waals surface area contributed by atoms with Crippen LogP contribution in [0.15, 0.2) is 72.2 Å². The smallest absolute Gasteiger partial charge is 0.137 e. The fraction of sp³-hybridized carbons (Fsp3) is 0.304. The monoisotopic (exact) mass is 506 g/mol. The Bertz CT molecular complexity index is 1000. The van der Waals surface area contributed by atoms with Crippen LogP contribution >= 0.6 is 15.9 Å². The van der Waals surface area contributed by atoms with Gasteiger partial charge in [0.1, 0.15) is 35.6 Å². The summed E-state index contributed by atoms with van der Waals surface area (Å²) in [5.74, 6) is -0.758. The van der Waals surface area contributed by atoms with Crippen molar-refractivity contribution in [3.63, 3.8) is 0 Å². The highest BCUT2D eigenvalue weighted by atomic mass is 79.9. The Morgan fingerprint density at radius 3 is 2.66 bits per heavy atom. The standard InChI is InChI=1S/C23H25BrF2N4O2/c1-2-10-29(11-3-12-32-20-7-4-18(24)5-8-20)14-23(31,15-30-17-27-16-28-30)21-9-6-19(25)13-22(21)26/h2,4-9,13,16-17,31H,1,3,10-12,14-15H2. The van der Waals surface area contributed by atoms with Crippen molar-refractivity contribution in [2.45, 2.75) is 18.6 Å². The highest BCUT2D eigenvalue weighted by Gasteiger charge is 2.35. The Labute approximate surface area is 194 Å². The maximum Gasteiger partial charge on any atom is 0.137 e. The number of nitrogens with zero attached hydrogens (tertiary/aromatic N) is 4. The molecule has 0 saturated heterocycles. The number of hydrogen-bond donors (Lipinski definition) is 1. The van der Waals surface area contributed by atoms with E-state index in [2.05, 4.69) is 32.6 Å². The van der Waals surface area contributed by atoms with E-state index in [0.717, 1.165) is 22.4 Å². The molecule has 0 aliphatic rings. The van der Waals surface area contributed by atoms with Gasteiger partial charge in [-0.25, -0.2) is 18.4 Å². The number of ether oxygens (including phenoxy) is 1. The fourth-order valence-electron chi connectivity index (χ4n) is 3.47. The topological polar surface area (TPSA) is 63.4 Å². The third-order valence-corrected chi connectivity index (χ3v) is 5.42. The lowest BCUT2D eigenvalue weighted by Gasteiger charge is -2.34. The van der Waals surface area contributed by atoms with Crippen LogP contribution in [0.3, 0.4) is 0 Å². The molecule has 0 bridgehead atoms. The van der Waals surface area contributed by atoms with Crippen molar-refractivity contribution in [1.82, 2.24) is 19.7 Å². The van der Waals surface area contributed by atoms with Gasteiger partial charge in [0.15, 0.2) is 0 Å². The molecule has 3 rings (SSSR count). The summed E-state index contributed by atoms with van der Waals surface area (Å²) in [7, 11) is 0. The predicted octanol–water partition coefficient (Wildman–Crippen LogP) is 4.16. The molecule has 0 fully saturated rings. The molecule has 32 heavy (non-hydrogen) atoms. The van der Waals surface area contributed by atoms with Gasteiger partial charge < -0.3 is 9.84 Å². The molecule has 0 aliphatic carbocycles. The molecule has 1 aromatic heterocycles. The minimum absolute atomic E-state index is 0.00502. The third-order valence-electron chi connectivity index (χ3n) is 4.90. The molecule has 1 heterocycles. The van der Waals surface area contributed by atoms with Gasteiger partial charge in [-0.2, -0.15) is 5.10 Å². The zero-order chi connectivity index (χ0) is 23.0. The fourth-order valence-corrected chi connectivity index (χ4v) is 3.73. The Hall–Kier alpha value is -2.62. The predicted molar refractivity (Wildman–Crippen MR) is 121 cm³/mol. The number of hydrogen-bond acceptors (Lipinski definition) is 5. The number of rotatable bonds is 12. The lowest BCUT2D eigenvalue weighted by molar-refractivity contribution is -0.0198. The van der Waals surface area contributed by atoms with Crippen molar-refractivity contribution in [3.05, 3.63) is 89.4 Å². The minimum atomic E-state index is -1.67. The van der Waals surface area contributed by atoms with E-state index in [-0.39, 0.29) is 18.7 Å². The molecule has 6 nitrogen and oxygen atoms in total. The van der Waals surface area contributed by atoms with Crippen LogP contribution in [0.2, 0.25) is 0 Å². The molecular formula is C23H25BrF2N4O2. The van der Waals surface area contributed by atoms with Crippen molar-refractivity contribution in [2.75, 3.05) is 26.2 Å². The largest absolute Gasteiger partial charge is 0.494 e. The number of aliphatic hydroxyl groups is 1. The van der Waals surface area contributed by atoms with Crippen molar-refractivity contribution >= 4 is 15.9 Å². The highest BCUT2D eigenvalue weighted by Crippen LogP contribution is 2.28. The van der Waals surface area contributed by atoms with Gasteiger partial charge in [0, 0.05) is 35.7 Å². The van der Waals surface area contributed by atoms with Crippen LogP contribution in [0.25, 0.3) is 0 Å². The maximum atomic E-state index is 14.6. The second-order valence-electron chi connectivity index (χ2n) is 7.43. The molecule has 0 saturated carbocycles. The molecular weight excluding hydrogens is 482 g/mol. The zero-order valence-corrected chi connectivity index (χ0v) is 19.1. The average Bonchev–Trinajstić information content (AvgIpc) is 3.25. The number of benzene rings is 2. The number of aromatic nitrogens is 3. The Balaban J connectivity index is 1.70. The summed E-state index contributed by atoms with van der Waals surface area (Å²) in [4.78, 5) is 5.83. The average molecular weight is 507 g/mol. The second-order valence-corrected chi connectivity index (χ2v) is 8.34. The van der Waals surface area contributed by atoms with E-state index in [9.17, 15) is 13.9 Å². The summed E-state index contributed by atoms with van der Waals surface area (Å²) >= 11 is 3.39. The van der Waals surface area contributed by atoms with Gasteiger partial charge >= 0.3 is 0 Å². The quantitative estimate of drug-likeness (QED) is 0.295. The SMILES string of the molecule is C=CCN(CCCOc1ccc(Br)cc1)CC(O)(Cn1cncn1)c1ccc(F)cc1F. The molecule has 0 spiro atoms. The maximum absolute atomic E-state index is 14.6. The molecule has 9 heteroatoms. The normalized spacial score (nSPS) is 13.2. The summed E-state index contributed by atoms with van der Waals surface area (Å²) in [6.45, 7) is 5.34. The molecule has 3 aromatic rings. The molecule has 1 atom stereocenters. The Morgan fingerprint density at radius 1 is 1.22 bits per heavy atom. The van der Waals surface area contributed by atoms with Gasteiger partial charge in [-0.15, -0.1) is 6.58 Å². The molecule has 170 valence electrons. The van der Waals surface area contributed by atoms with Gasteiger partial charge in [-0.1, -0.05) is 28.1 Å². The van der Waals surface area contributed by atoms with E-state index in [1.165, 1.54) is 23.4 Å². The lowest BCUT2D eigenvalue weighted by atomic mass is 9.92. The van der Waals surface area contributed by atoms with E-state index >= 15 is 0 Å². The molecule has 1 unspecified atom stereocenters. The summed E-state index contributed by atoms with van der Waals surface area (Å²) in [5, 5.41) is 15.6. The van der Waals surface area contributed by atoms with Gasteiger partial charge in [-0.3, -0.25) is 4.90 Å².